The van der Waals surface area contributed by atoms with Crippen LogP contribution in [0.4, 0.5) is 0 Å². The number of nitrogens with one attached hydrogen (secondary N) is 2. The Morgan fingerprint density at radius 2 is 1.31 bits per heavy atom. The van der Waals surface area contributed by atoms with Gasteiger partial charge in [0.25, 0.3) is 0 Å². The highest BCUT2D eigenvalue weighted by atomic mass is 16.1. The molecule has 0 aliphatic heterocycles. The fraction of sp³-hybridized carbons (Fsp3) is 0.0476. The molecular weight excluding hydrogens is 326 g/mol. The second-order valence-corrected chi connectivity index (χ2v) is 6.21. The van der Waals surface area contributed by atoms with Gasteiger partial charge in [0, 0.05) is 32.6 Å². The molecule has 2 heterocycles. The quantitative estimate of drug-likeness (QED) is 0.426. The summed E-state index contributed by atoms with van der Waals surface area (Å²) in [5.74, 6) is -0.394. The molecule has 5 nitrogen and oxygen atoms in total. The third-order valence-corrected chi connectivity index (χ3v) is 4.91. The highest BCUT2D eigenvalue weighted by Gasteiger charge is 2.21. The van der Waals surface area contributed by atoms with E-state index in [1.165, 1.54) is 0 Å². The summed E-state index contributed by atoms with van der Waals surface area (Å²) in [6, 6.07) is 16.1. The van der Waals surface area contributed by atoms with E-state index in [2.05, 4.69) is 16.0 Å². The Balaban J connectivity index is 0.000000814. The summed E-state index contributed by atoms with van der Waals surface area (Å²) in [7, 11) is 0. The van der Waals surface area contributed by atoms with Crippen LogP contribution in [0.25, 0.3) is 43.6 Å². The SMILES string of the molecule is C=O.Cc1c(C(N)=O)c2c3ccccc3[nH]c2c2[nH]c3ccccc3c12. The van der Waals surface area contributed by atoms with Crippen LogP contribution in [0.3, 0.4) is 0 Å². The number of carbonyl (C=O) groups excluding carboxylic acids is 2. The van der Waals surface area contributed by atoms with Crippen LogP contribution in [0.2, 0.25) is 0 Å². The maximum atomic E-state index is 12.3. The van der Waals surface area contributed by atoms with Gasteiger partial charge in [-0.3, -0.25) is 4.79 Å². The minimum Gasteiger partial charge on any atom is -0.366 e. The fourth-order valence-electron chi connectivity index (χ4n) is 3.93. The van der Waals surface area contributed by atoms with Crippen molar-refractivity contribution < 1.29 is 9.59 Å². The van der Waals surface area contributed by atoms with Gasteiger partial charge in [-0.25, -0.2) is 0 Å². The summed E-state index contributed by atoms with van der Waals surface area (Å²) in [5, 5.41) is 4.08. The zero-order valence-electron chi connectivity index (χ0n) is 14.2. The molecule has 0 fully saturated rings. The first-order valence-electron chi connectivity index (χ1n) is 8.19. The van der Waals surface area contributed by atoms with Gasteiger partial charge in [-0.15, -0.1) is 0 Å². The summed E-state index contributed by atoms with van der Waals surface area (Å²) < 4.78 is 0. The van der Waals surface area contributed by atoms with Crippen molar-refractivity contribution in [1.82, 2.24) is 9.97 Å². The largest absolute Gasteiger partial charge is 0.366 e. The van der Waals surface area contributed by atoms with Crippen molar-refractivity contribution in [2.75, 3.05) is 0 Å². The normalized spacial score (nSPS) is 11.1. The number of rotatable bonds is 1. The van der Waals surface area contributed by atoms with Gasteiger partial charge in [-0.1, -0.05) is 36.4 Å². The molecule has 0 spiro atoms. The Labute approximate surface area is 148 Å². The van der Waals surface area contributed by atoms with Crippen LogP contribution in [0.5, 0.6) is 0 Å². The lowest BCUT2D eigenvalue weighted by molar-refractivity contribution is -0.0980. The van der Waals surface area contributed by atoms with E-state index in [9.17, 15) is 4.79 Å². The minimum absolute atomic E-state index is 0.394. The summed E-state index contributed by atoms with van der Waals surface area (Å²) in [6.07, 6.45) is 0. The summed E-state index contributed by atoms with van der Waals surface area (Å²) in [5.41, 5.74) is 11.3. The monoisotopic (exact) mass is 343 g/mol. The van der Waals surface area contributed by atoms with E-state index in [4.69, 9.17) is 10.5 Å². The molecule has 26 heavy (non-hydrogen) atoms. The average molecular weight is 343 g/mol. The number of amides is 1. The predicted octanol–water partition coefficient (Wildman–Crippen LogP) is 4.18. The number of primary amides is 1. The third kappa shape index (κ3) is 1.97. The average Bonchev–Trinajstić information content (AvgIpc) is 3.22. The first-order valence-corrected chi connectivity index (χ1v) is 8.19. The molecule has 2 aromatic heterocycles. The second kappa shape index (κ2) is 5.74. The number of para-hydroxylation sites is 2. The predicted molar refractivity (Wildman–Crippen MR) is 106 cm³/mol. The molecule has 3 aromatic carbocycles. The second-order valence-electron chi connectivity index (χ2n) is 6.21. The van der Waals surface area contributed by atoms with E-state index in [0.717, 1.165) is 49.2 Å². The molecule has 128 valence electrons. The molecule has 0 aliphatic rings. The first kappa shape index (κ1) is 15.9. The Morgan fingerprint density at radius 3 is 1.85 bits per heavy atom. The van der Waals surface area contributed by atoms with Crippen molar-refractivity contribution in [3.63, 3.8) is 0 Å². The minimum atomic E-state index is -0.394. The molecule has 0 bridgehead atoms. The van der Waals surface area contributed by atoms with Crippen LogP contribution in [-0.4, -0.2) is 22.7 Å². The summed E-state index contributed by atoms with van der Waals surface area (Å²) in [6.45, 7) is 3.98. The molecule has 4 N–H and O–H groups in total. The van der Waals surface area contributed by atoms with Crippen molar-refractivity contribution in [2.24, 2.45) is 5.73 Å². The maximum absolute atomic E-state index is 12.3. The van der Waals surface area contributed by atoms with Crippen molar-refractivity contribution >= 4 is 56.3 Å². The van der Waals surface area contributed by atoms with E-state index >= 15 is 0 Å². The van der Waals surface area contributed by atoms with Gasteiger partial charge in [0.2, 0.25) is 5.91 Å². The van der Waals surface area contributed by atoms with Crippen LogP contribution >= 0.6 is 0 Å². The lowest BCUT2D eigenvalue weighted by atomic mass is 9.96. The van der Waals surface area contributed by atoms with Gasteiger partial charge < -0.3 is 20.5 Å². The molecule has 5 aromatic rings. The third-order valence-electron chi connectivity index (χ3n) is 4.91. The Bertz CT molecular complexity index is 1310. The Kier molecular flexibility index (Phi) is 3.51. The van der Waals surface area contributed by atoms with E-state index in [0.29, 0.717) is 5.56 Å². The number of nitrogens with two attached hydrogens (primary N) is 1. The van der Waals surface area contributed by atoms with Gasteiger partial charge in [0.1, 0.15) is 6.79 Å². The maximum Gasteiger partial charge on any atom is 0.249 e. The van der Waals surface area contributed by atoms with Crippen LogP contribution < -0.4 is 5.73 Å². The summed E-state index contributed by atoms with van der Waals surface area (Å²) >= 11 is 0. The van der Waals surface area contributed by atoms with Crippen LogP contribution in [0.1, 0.15) is 15.9 Å². The molecule has 0 unspecified atom stereocenters. The number of hydrogen-bond acceptors (Lipinski definition) is 2. The standard InChI is InChI=1S/C20H15N3O.CH2O/c1-10-15-11-6-2-4-8-13(11)22-18(15)19-17(16(10)20(21)24)12-7-3-5-9-14(12)23-19;1-2/h2-9,22-23H,1H3,(H2,21,24);1H2. The van der Waals surface area contributed by atoms with Crippen LogP contribution in [-0.2, 0) is 4.79 Å². The van der Waals surface area contributed by atoms with E-state index in [1.54, 1.807) is 0 Å². The number of hydrogen-bond donors (Lipinski definition) is 3. The van der Waals surface area contributed by atoms with Crippen molar-refractivity contribution in [2.45, 2.75) is 6.92 Å². The molecule has 0 atom stereocenters. The Morgan fingerprint density at radius 1 is 0.846 bits per heavy atom. The van der Waals surface area contributed by atoms with Crippen LogP contribution in [0, 0.1) is 6.92 Å². The van der Waals surface area contributed by atoms with E-state index in [-0.39, 0.29) is 0 Å². The summed E-state index contributed by atoms with van der Waals surface area (Å²) in [4.78, 5) is 27.2. The number of aryl methyl sites for hydroxylation is 1. The van der Waals surface area contributed by atoms with Crippen molar-refractivity contribution in [1.29, 1.82) is 0 Å². The van der Waals surface area contributed by atoms with Gasteiger partial charge in [-0.2, -0.15) is 0 Å². The van der Waals surface area contributed by atoms with Gasteiger partial charge >= 0.3 is 0 Å². The van der Waals surface area contributed by atoms with E-state index < -0.39 is 5.91 Å². The van der Waals surface area contributed by atoms with Crippen molar-refractivity contribution in [3.8, 4) is 0 Å². The number of benzene rings is 3. The Hall–Kier alpha value is -3.60. The highest BCUT2D eigenvalue weighted by Crippen LogP contribution is 2.39. The van der Waals surface area contributed by atoms with Gasteiger partial charge in [-0.05, 0) is 24.6 Å². The molecule has 1 amide bonds. The number of fused-ring (bicyclic) bond motifs is 7. The van der Waals surface area contributed by atoms with Crippen LogP contribution in [0.15, 0.2) is 48.5 Å². The molecule has 0 saturated heterocycles. The molecule has 0 aliphatic carbocycles. The zero-order valence-corrected chi connectivity index (χ0v) is 14.2. The van der Waals surface area contributed by atoms with E-state index in [1.807, 2.05) is 56.2 Å². The topological polar surface area (TPSA) is 91.7 Å². The number of H-pyrrole nitrogens is 2. The zero-order chi connectivity index (χ0) is 18.4. The molecule has 5 rings (SSSR count). The van der Waals surface area contributed by atoms with Gasteiger partial charge in [0.15, 0.2) is 0 Å². The molecule has 0 saturated carbocycles. The first-order chi connectivity index (χ1) is 12.7. The van der Waals surface area contributed by atoms with Gasteiger partial charge in [0.05, 0.1) is 16.6 Å². The highest BCUT2D eigenvalue weighted by molar-refractivity contribution is 6.28. The number of aromatic amines is 2. The number of aromatic nitrogens is 2. The molecule has 5 heteroatoms. The van der Waals surface area contributed by atoms with Crippen molar-refractivity contribution in [3.05, 3.63) is 59.7 Å². The number of carbonyl (C=O) groups is 2. The lowest BCUT2D eigenvalue weighted by Gasteiger charge is -2.07. The molecule has 0 radical (unpaired) electrons. The fourth-order valence-corrected chi connectivity index (χ4v) is 3.93. The smallest absolute Gasteiger partial charge is 0.249 e. The molecular formula is C21H17N3O2. The lowest BCUT2D eigenvalue weighted by Crippen LogP contribution is -2.13.